The second-order valence-electron chi connectivity index (χ2n) is 8.26. The number of benzene rings is 2. The van der Waals surface area contributed by atoms with E-state index >= 15 is 0 Å². The van der Waals surface area contributed by atoms with Gasteiger partial charge in [0.25, 0.3) is 0 Å². The van der Waals surface area contributed by atoms with Crippen molar-refractivity contribution in [3.8, 4) is 5.75 Å². The average Bonchev–Trinajstić information content (AvgIpc) is 3.20. The number of hydrogen-bond donors (Lipinski definition) is 1. The molecule has 1 N–H and O–H groups in total. The predicted molar refractivity (Wildman–Crippen MR) is 136 cm³/mol. The van der Waals surface area contributed by atoms with Gasteiger partial charge in [-0.1, -0.05) is 75.8 Å². The summed E-state index contributed by atoms with van der Waals surface area (Å²) in [6.45, 7) is 13.1. The van der Waals surface area contributed by atoms with E-state index in [0.29, 0.717) is 24.1 Å². The van der Waals surface area contributed by atoms with Gasteiger partial charge in [0.1, 0.15) is 12.0 Å². The van der Waals surface area contributed by atoms with Crippen molar-refractivity contribution in [3.63, 3.8) is 0 Å². The average molecular weight is 451 g/mol. The molecule has 2 aromatic carbocycles. The minimum atomic E-state index is 0.318. The molecule has 0 aliphatic carbocycles. The molecule has 1 unspecified atom stereocenters. The number of aromatic hydroxyl groups is 1. The number of rotatable bonds is 4. The van der Waals surface area contributed by atoms with Gasteiger partial charge in [0.15, 0.2) is 0 Å². The van der Waals surface area contributed by atoms with Crippen molar-refractivity contribution in [2.75, 3.05) is 0 Å². The fraction of sp³-hybridized carbons (Fsp3) is 0.370. The van der Waals surface area contributed by atoms with Gasteiger partial charge >= 0.3 is 0 Å². The quantitative estimate of drug-likeness (QED) is 0.273. The molecule has 0 spiro atoms. The van der Waals surface area contributed by atoms with Crippen LogP contribution in [0.5, 0.6) is 5.75 Å². The molecule has 0 saturated carbocycles. The highest BCUT2D eigenvalue weighted by molar-refractivity contribution is 7.80. The van der Waals surface area contributed by atoms with Crippen molar-refractivity contribution in [1.82, 2.24) is 9.78 Å². The number of aryl methyl sites for hydroxylation is 1. The number of hydrogen-bond acceptors (Lipinski definition) is 4. The van der Waals surface area contributed by atoms with Crippen LogP contribution in [0, 0.1) is 12.8 Å². The van der Waals surface area contributed by atoms with Crippen LogP contribution in [0.15, 0.2) is 48.5 Å². The van der Waals surface area contributed by atoms with Crippen molar-refractivity contribution in [2.45, 2.75) is 60.4 Å². The fourth-order valence-electron chi connectivity index (χ4n) is 3.76. The van der Waals surface area contributed by atoms with E-state index in [9.17, 15) is 9.90 Å². The second-order valence-corrected chi connectivity index (χ2v) is 8.87. The third kappa shape index (κ3) is 6.36. The third-order valence-electron chi connectivity index (χ3n) is 5.27. The summed E-state index contributed by atoms with van der Waals surface area (Å²) in [6.07, 6.45) is 1.92. The number of phenols is 1. The number of aromatic nitrogens is 2. The van der Waals surface area contributed by atoms with E-state index in [-0.39, 0.29) is 0 Å². The molecule has 0 bridgehead atoms. The molecule has 4 nitrogen and oxygen atoms in total. The van der Waals surface area contributed by atoms with Crippen LogP contribution in [0.2, 0.25) is 0 Å². The predicted octanol–water partition coefficient (Wildman–Crippen LogP) is 6.70. The Kier molecular flexibility index (Phi) is 9.33. The van der Waals surface area contributed by atoms with E-state index in [1.165, 1.54) is 16.8 Å². The van der Waals surface area contributed by atoms with Crippen LogP contribution in [-0.4, -0.2) is 26.0 Å². The number of carbonyl (C=O) groups excluding carboxylic acids is 1. The van der Waals surface area contributed by atoms with E-state index in [1.807, 2.05) is 62.7 Å². The topological polar surface area (TPSA) is 55.1 Å². The molecule has 0 saturated heterocycles. The second kappa shape index (κ2) is 11.7. The normalized spacial score (nSPS) is 13.7. The lowest BCUT2D eigenvalue weighted by molar-refractivity contribution is 0.112. The number of nitrogens with zero attached hydrogens (tertiary/aromatic N) is 2. The van der Waals surface area contributed by atoms with E-state index in [1.54, 1.807) is 6.07 Å². The maximum atomic E-state index is 10.1. The molecule has 0 radical (unpaired) electrons. The number of carbonyl (C=O) groups is 1. The van der Waals surface area contributed by atoms with Gasteiger partial charge in [0.05, 0.1) is 12.2 Å². The maximum Gasteiger partial charge on any atom is 0.150 e. The zero-order valence-corrected chi connectivity index (χ0v) is 20.7. The molecular formula is C27H34N2O2S. The summed E-state index contributed by atoms with van der Waals surface area (Å²) < 4.78 is 2.04. The highest BCUT2D eigenvalue weighted by atomic mass is 32.1. The van der Waals surface area contributed by atoms with E-state index < -0.39 is 0 Å². The first kappa shape index (κ1) is 25.5. The van der Waals surface area contributed by atoms with Crippen LogP contribution in [0.4, 0.5) is 0 Å². The fourth-order valence-corrected chi connectivity index (χ4v) is 3.86. The molecule has 5 heteroatoms. The largest absolute Gasteiger partial charge is 0.508 e. The van der Waals surface area contributed by atoms with Crippen LogP contribution in [0.3, 0.4) is 0 Å². The van der Waals surface area contributed by atoms with Gasteiger partial charge in [-0.05, 0) is 55.5 Å². The Morgan fingerprint density at radius 3 is 2.41 bits per heavy atom. The molecule has 0 fully saturated rings. The lowest BCUT2D eigenvalue weighted by atomic mass is 9.83. The Bertz CT molecular complexity index is 1050. The summed E-state index contributed by atoms with van der Waals surface area (Å²) in [5.41, 5.74) is 6.51. The molecule has 1 aliphatic heterocycles. The van der Waals surface area contributed by atoms with Gasteiger partial charge in [0, 0.05) is 22.0 Å². The Morgan fingerprint density at radius 2 is 1.84 bits per heavy atom. The van der Waals surface area contributed by atoms with Crippen LogP contribution >= 0.6 is 12.2 Å². The van der Waals surface area contributed by atoms with Crippen LogP contribution < -0.4 is 0 Å². The van der Waals surface area contributed by atoms with E-state index in [2.05, 4.69) is 31.1 Å². The molecule has 1 aliphatic rings. The summed E-state index contributed by atoms with van der Waals surface area (Å²) in [5.74, 6) is 1.24. The third-order valence-corrected chi connectivity index (χ3v) is 5.48. The first-order valence-electron chi connectivity index (χ1n) is 11.2. The molecule has 1 atom stereocenters. The van der Waals surface area contributed by atoms with Crippen molar-refractivity contribution in [1.29, 1.82) is 0 Å². The lowest BCUT2D eigenvalue weighted by Crippen LogP contribution is -2.20. The molecule has 1 aromatic heterocycles. The first-order valence-corrected chi connectivity index (χ1v) is 11.6. The monoisotopic (exact) mass is 450 g/mol. The Labute approximate surface area is 197 Å². The summed E-state index contributed by atoms with van der Waals surface area (Å²) >= 11 is 5.27. The highest BCUT2D eigenvalue weighted by Crippen LogP contribution is 2.38. The molecule has 0 amide bonds. The van der Waals surface area contributed by atoms with Gasteiger partial charge in [0.2, 0.25) is 0 Å². The Balaban J connectivity index is 0.000000277. The summed E-state index contributed by atoms with van der Waals surface area (Å²) in [4.78, 5) is 10.9. The molecule has 170 valence electrons. The first-order chi connectivity index (χ1) is 15.3. The van der Waals surface area contributed by atoms with Gasteiger partial charge in [-0.25, -0.2) is 0 Å². The zero-order chi connectivity index (χ0) is 23.8. The smallest absolute Gasteiger partial charge is 0.150 e. The Morgan fingerprint density at radius 1 is 1.19 bits per heavy atom. The summed E-state index contributed by atoms with van der Waals surface area (Å²) in [5, 5.41) is 14.4. The van der Waals surface area contributed by atoms with Gasteiger partial charge < -0.3 is 5.11 Å². The van der Waals surface area contributed by atoms with Crippen LogP contribution in [0.1, 0.15) is 85.4 Å². The van der Waals surface area contributed by atoms with Crippen molar-refractivity contribution >= 4 is 23.4 Å². The van der Waals surface area contributed by atoms with Crippen molar-refractivity contribution < 1.29 is 9.90 Å². The number of thiocarbonyl (C=S) groups is 1. The number of fused-ring (bicyclic) bond motifs is 2. The number of aldehydes is 1. The van der Waals surface area contributed by atoms with Crippen LogP contribution in [-0.2, 0) is 6.54 Å². The SMILES string of the molecule is CC.CC(=S)c1cc2n(n1)Cc1cc(O)ccc1C2CC(C)C.Cc1ccc(C=O)cc1. The van der Waals surface area contributed by atoms with E-state index in [0.717, 1.165) is 34.4 Å². The molecule has 2 heterocycles. The molecular weight excluding hydrogens is 416 g/mol. The standard InChI is InChI=1S/C17H20N2OS.C8H8O.C2H6/c1-10(2)6-15-14-5-4-13(20)7-12(14)9-19-17(15)8-16(18-19)11(3)21;1-7-2-4-8(6-9)5-3-7;1-2/h4-5,7-8,10,15,20H,6,9H2,1-3H3;2-6H,1H3;1-2H3. The van der Waals surface area contributed by atoms with E-state index in [4.69, 9.17) is 12.2 Å². The highest BCUT2D eigenvalue weighted by Gasteiger charge is 2.28. The van der Waals surface area contributed by atoms with Gasteiger partial charge in [-0.3, -0.25) is 9.48 Å². The van der Waals surface area contributed by atoms with Crippen molar-refractivity contribution in [3.05, 3.63) is 82.2 Å². The number of phenolic OH excluding ortho intramolecular Hbond substituents is 1. The van der Waals surface area contributed by atoms with Crippen LogP contribution in [0.25, 0.3) is 0 Å². The van der Waals surface area contributed by atoms with Crippen molar-refractivity contribution in [2.24, 2.45) is 5.92 Å². The Hall–Kier alpha value is -2.79. The summed E-state index contributed by atoms with van der Waals surface area (Å²) in [7, 11) is 0. The maximum absolute atomic E-state index is 10.1. The molecule has 4 rings (SSSR count). The minimum Gasteiger partial charge on any atom is -0.508 e. The summed E-state index contributed by atoms with van der Waals surface area (Å²) in [6, 6.07) is 15.3. The molecule has 32 heavy (non-hydrogen) atoms. The molecule has 3 aromatic rings. The van der Waals surface area contributed by atoms with Gasteiger partial charge in [-0.15, -0.1) is 0 Å². The minimum absolute atomic E-state index is 0.318. The van der Waals surface area contributed by atoms with Gasteiger partial charge in [-0.2, -0.15) is 5.10 Å². The lowest BCUT2D eigenvalue weighted by Gasteiger charge is -2.28. The zero-order valence-electron chi connectivity index (χ0n) is 19.9.